The van der Waals surface area contributed by atoms with Gasteiger partial charge in [0.1, 0.15) is 23.2 Å². The van der Waals surface area contributed by atoms with Gasteiger partial charge in [-0.15, -0.1) is 0 Å². The molecule has 0 radical (unpaired) electrons. The number of nitrogens with zero attached hydrogens (tertiary/aromatic N) is 2. The molecule has 21 heavy (non-hydrogen) atoms. The summed E-state index contributed by atoms with van der Waals surface area (Å²) < 4.78 is 0. The van der Waals surface area contributed by atoms with E-state index in [-0.39, 0.29) is 11.6 Å². The molecule has 3 N–H and O–H groups in total. The lowest BCUT2D eigenvalue weighted by molar-refractivity contribution is 0.475. The van der Waals surface area contributed by atoms with E-state index in [0.717, 1.165) is 54.5 Å². The van der Waals surface area contributed by atoms with Crippen molar-refractivity contribution in [2.45, 2.75) is 32.1 Å². The summed E-state index contributed by atoms with van der Waals surface area (Å²) in [6.07, 6.45) is 5.16. The first-order chi connectivity index (χ1) is 10.2. The highest BCUT2D eigenvalue weighted by Gasteiger charge is 2.21. The molecular formula is C17H17N3O. The van der Waals surface area contributed by atoms with Gasteiger partial charge in [-0.05, 0) is 48.9 Å². The summed E-state index contributed by atoms with van der Waals surface area (Å²) in [7, 11) is 0. The Kier molecular flexibility index (Phi) is 3.49. The molecule has 0 amide bonds. The Morgan fingerprint density at radius 3 is 2.76 bits per heavy atom. The van der Waals surface area contributed by atoms with Gasteiger partial charge in [0.05, 0.1) is 0 Å². The number of aromatic nitrogens is 1. The van der Waals surface area contributed by atoms with E-state index >= 15 is 0 Å². The Labute approximate surface area is 123 Å². The molecule has 0 aliphatic heterocycles. The molecule has 1 aliphatic rings. The monoisotopic (exact) mass is 279 g/mol. The molecule has 106 valence electrons. The van der Waals surface area contributed by atoms with Gasteiger partial charge in [0.25, 0.3) is 0 Å². The van der Waals surface area contributed by atoms with Crippen LogP contribution in [0.2, 0.25) is 0 Å². The second-order valence-corrected chi connectivity index (χ2v) is 5.40. The second kappa shape index (κ2) is 5.45. The minimum absolute atomic E-state index is 0.189. The van der Waals surface area contributed by atoms with Crippen molar-refractivity contribution in [3.63, 3.8) is 0 Å². The van der Waals surface area contributed by atoms with Crippen molar-refractivity contribution in [1.82, 2.24) is 4.98 Å². The van der Waals surface area contributed by atoms with Gasteiger partial charge < -0.3 is 10.8 Å². The molecule has 2 aromatic rings. The maximum atomic E-state index is 9.74. The number of fused-ring (bicyclic) bond motifs is 1. The van der Waals surface area contributed by atoms with Crippen molar-refractivity contribution < 1.29 is 5.11 Å². The molecule has 0 fully saturated rings. The predicted octanol–water partition coefficient (Wildman–Crippen LogP) is 3.18. The van der Waals surface area contributed by atoms with Crippen LogP contribution in [0.4, 0.5) is 5.82 Å². The third kappa shape index (κ3) is 2.43. The van der Waals surface area contributed by atoms with Crippen LogP contribution >= 0.6 is 0 Å². The highest BCUT2D eigenvalue weighted by molar-refractivity contribution is 5.79. The fourth-order valence-electron chi connectivity index (χ4n) is 3.03. The van der Waals surface area contributed by atoms with Gasteiger partial charge in [-0.25, -0.2) is 4.98 Å². The average molecular weight is 279 g/mol. The quantitative estimate of drug-likeness (QED) is 0.785. The molecule has 4 nitrogen and oxygen atoms in total. The Bertz CT molecular complexity index is 732. The summed E-state index contributed by atoms with van der Waals surface area (Å²) in [6.45, 7) is 0. The minimum Gasteiger partial charge on any atom is -0.508 e. The summed E-state index contributed by atoms with van der Waals surface area (Å²) in [4.78, 5) is 4.45. The lowest BCUT2D eigenvalue weighted by atomic mass is 9.91. The van der Waals surface area contributed by atoms with Gasteiger partial charge in [-0.1, -0.05) is 18.6 Å². The maximum Gasteiger partial charge on any atom is 0.142 e. The van der Waals surface area contributed by atoms with Crippen molar-refractivity contribution in [3.05, 3.63) is 41.1 Å². The van der Waals surface area contributed by atoms with Crippen LogP contribution in [0.3, 0.4) is 0 Å². The number of nitriles is 1. The molecule has 1 heterocycles. The van der Waals surface area contributed by atoms with Crippen molar-refractivity contribution in [1.29, 1.82) is 5.26 Å². The van der Waals surface area contributed by atoms with Gasteiger partial charge in [0.2, 0.25) is 0 Å². The van der Waals surface area contributed by atoms with E-state index in [1.54, 1.807) is 18.2 Å². The Hall–Kier alpha value is -2.54. The molecule has 4 heteroatoms. The normalized spacial score (nSPS) is 14.0. The van der Waals surface area contributed by atoms with Crippen LogP contribution in [0.25, 0.3) is 11.1 Å². The molecule has 0 atom stereocenters. The third-order valence-corrected chi connectivity index (χ3v) is 4.00. The molecule has 0 spiro atoms. The lowest BCUT2D eigenvalue weighted by Gasteiger charge is -2.16. The zero-order valence-electron chi connectivity index (χ0n) is 11.8. The number of hydrogen-bond donors (Lipinski definition) is 2. The first kappa shape index (κ1) is 13.4. The van der Waals surface area contributed by atoms with Crippen LogP contribution in [0, 0.1) is 11.3 Å². The van der Waals surface area contributed by atoms with Crippen molar-refractivity contribution in [2.24, 2.45) is 0 Å². The van der Waals surface area contributed by atoms with E-state index in [1.807, 2.05) is 6.07 Å². The molecule has 0 bridgehead atoms. The number of nitrogens with two attached hydrogens (primary N) is 1. The van der Waals surface area contributed by atoms with E-state index < -0.39 is 0 Å². The number of aromatic hydroxyl groups is 1. The Balaban J connectivity index is 2.31. The molecule has 0 saturated heterocycles. The first-order valence-electron chi connectivity index (χ1n) is 7.21. The number of hydrogen-bond acceptors (Lipinski definition) is 4. The Morgan fingerprint density at radius 1 is 1.19 bits per heavy atom. The number of nitrogen functional groups attached to an aromatic ring is 1. The lowest BCUT2D eigenvalue weighted by Crippen LogP contribution is -2.06. The number of rotatable bonds is 1. The standard InChI is InChI=1S/C17H17N3O/c18-10-14-16(11-5-4-6-12(21)9-11)13-7-2-1-3-8-15(13)20-17(14)19/h4-6,9,21H,1-3,7-8H2,(H2,19,20). The number of phenolic OH excluding ortho intramolecular Hbond substituents is 1. The Morgan fingerprint density at radius 2 is 2.00 bits per heavy atom. The molecule has 0 saturated carbocycles. The SMILES string of the molecule is N#Cc1c(N)nc2c(c1-c1cccc(O)c1)CCCCC2. The van der Waals surface area contributed by atoms with E-state index in [1.165, 1.54) is 0 Å². The number of benzene rings is 1. The summed E-state index contributed by atoms with van der Waals surface area (Å²) in [5.41, 5.74) is 10.2. The van der Waals surface area contributed by atoms with Crippen LogP contribution in [0.5, 0.6) is 5.75 Å². The summed E-state index contributed by atoms with van der Waals surface area (Å²) in [5, 5.41) is 19.2. The fourth-order valence-corrected chi connectivity index (χ4v) is 3.03. The largest absolute Gasteiger partial charge is 0.508 e. The topological polar surface area (TPSA) is 82.9 Å². The van der Waals surface area contributed by atoms with Gasteiger partial charge in [-0.3, -0.25) is 0 Å². The van der Waals surface area contributed by atoms with Crippen molar-refractivity contribution >= 4 is 5.82 Å². The fraction of sp³-hybridized carbons (Fsp3) is 0.294. The number of pyridine rings is 1. The van der Waals surface area contributed by atoms with Gasteiger partial charge in [0, 0.05) is 11.3 Å². The molecule has 3 rings (SSSR count). The highest BCUT2D eigenvalue weighted by Crippen LogP contribution is 2.36. The highest BCUT2D eigenvalue weighted by atomic mass is 16.3. The van der Waals surface area contributed by atoms with E-state index in [4.69, 9.17) is 5.73 Å². The third-order valence-electron chi connectivity index (χ3n) is 4.00. The van der Waals surface area contributed by atoms with Crippen LogP contribution in [0.1, 0.15) is 36.1 Å². The molecule has 1 aromatic heterocycles. The number of phenols is 1. The molecule has 0 unspecified atom stereocenters. The van der Waals surface area contributed by atoms with Gasteiger partial charge in [-0.2, -0.15) is 5.26 Å². The molecule has 1 aliphatic carbocycles. The van der Waals surface area contributed by atoms with Crippen LogP contribution in [-0.4, -0.2) is 10.1 Å². The van der Waals surface area contributed by atoms with E-state index in [9.17, 15) is 10.4 Å². The number of aryl methyl sites for hydroxylation is 1. The molecular weight excluding hydrogens is 262 g/mol. The van der Waals surface area contributed by atoms with Crippen LogP contribution in [-0.2, 0) is 12.8 Å². The summed E-state index contributed by atoms with van der Waals surface area (Å²) in [6, 6.07) is 9.17. The second-order valence-electron chi connectivity index (χ2n) is 5.40. The summed E-state index contributed by atoms with van der Waals surface area (Å²) >= 11 is 0. The van der Waals surface area contributed by atoms with Gasteiger partial charge >= 0.3 is 0 Å². The van der Waals surface area contributed by atoms with Crippen molar-refractivity contribution in [2.75, 3.05) is 5.73 Å². The maximum absolute atomic E-state index is 9.74. The van der Waals surface area contributed by atoms with Crippen LogP contribution in [0.15, 0.2) is 24.3 Å². The molecule has 1 aromatic carbocycles. The first-order valence-corrected chi connectivity index (χ1v) is 7.21. The van der Waals surface area contributed by atoms with Gasteiger partial charge in [0.15, 0.2) is 0 Å². The zero-order valence-corrected chi connectivity index (χ0v) is 11.8. The van der Waals surface area contributed by atoms with Crippen LogP contribution < -0.4 is 5.73 Å². The predicted molar refractivity (Wildman–Crippen MR) is 81.7 cm³/mol. The number of anilines is 1. The minimum atomic E-state index is 0.189. The average Bonchev–Trinajstić information content (AvgIpc) is 2.70. The van der Waals surface area contributed by atoms with E-state index in [2.05, 4.69) is 11.1 Å². The zero-order chi connectivity index (χ0) is 14.8. The smallest absolute Gasteiger partial charge is 0.142 e. The van der Waals surface area contributed by atoms with Crippen molar-refractivity contribution in [3.8, 4) is 22.9 Å². The summed E-state index contributed by atoms with van der Waals surface area (Å²) in [5.74, 6) is 0.477. The van der Waals surface area contributed by atoms with E-state index in [0.29, 0.717) is 5.56 Å².